The van der Waals surface area contributed by atoms with Gasteiger partial charge in [0.05, 0.1) is 23.5 Å². The topological polar surface area (TPSA) is 92.7 Å². The van der Waals surface area contributed by atoms with Gasteiger partial charge in [0.15, 0.2) is 12.4 Å². The van der Waals surface area contributed by atoms with Crippen molar-refractivity contribution in [3.63, 3.8) is 0 Å². The van der Waals surface area contributed by atoms with Crippen LogP contribution in [0.5, 0.6) is 0 Å². The van der Waals surface area contributed by atoms with Crippen molar-refractivity contribution < 1.29 is 23.5 Å². The average Bonchev–Trinajstić information content (AvgIpc) is 3.31. The summed E-state index contributed by atoms with van der Waals surface area (Å²) in [6.45, 7) is 2.67. The zero-order valence-electron chi connectivity index (χ0n) is 18.6. The minimum Gasteiger partial charge on any atom is -0.455 e. The molecule has 0 bridgehead atoms. The van der Waals surface area contributed by atoms with Crippen LogP contribution < -0.4 is 4.90 Å². The summed E-state index contributed by atoms with van der Waals surface area (Å²) in [6, 6.07) is 9.94. The Bertz CT molecular complexity index is 1190. The number of Topliss-reactive ketones (excluding diaryl/α,β-unsaturated/α-hetero) is 1. The van der Waals surface area contributed by atoms with Gasteiger partial charge in [0.1, 0.15) is 10.8 Å². The van der Waals surface area contributed by atoms with E-state index >= 15 is 0 Å². The number of anilines is 1. The molecule has 10 heteroatoms. The Morgan fingerprint density at radius 1 is 1.12 bits per heavy atom. The second-order valence-electron chi connectivity index (χ2n) is 7.79. The van der Waals surface area contributed by atoms with Gasteiger partial charge < -0.3 is 14.5 Å². The fourth-order valence-electron chi connectivity index (χ4n) is 3.61. The summed E-state index contributed by atoms with van der Waals surface area (Å²) in [4.78, 5) is 48.1. The van der Waals surface area contributed by atoms with Gasteiger partial charge in [-0.15, -0.1) is 11.3 Å². The van der Waals surface area contributed by atoms with Crippen LogP contribution in [0.15, 0.2) is 48.0 Å². The first-order valence-electron chi connectivity index (χ1n) is 10.8. The molecule has 1 amide bonds. The van der Waals surface area contributed by atoms with Crippen molar-refractivity contribution in [1.82, 2.24) is 14.9 Å². The van der Waals surface area contributed by atoms with Crippen LogP contribution in [0, 0.1) is 5.82 Å². The summed E-state index contributed by atoms with van der Waals surface area (Å²) in [7, 11) is 0. The Balaban J connectivity index is 1.23. The number of piperazine rings is 1. The number of nitrogens with zero attached hydrogens (tertiary/aromatic N) is 4. The summed E-state index contributed by atoms with van der Waals surface area (Å²) < 4.78 is 19.6. The van der Waals surface area contributed by atoms with E-state index in [9.17, 15) is 18.8 Å². The number of ether oxygens (including phenoxy) is 1. The van der Waals surface area contributed by atoms with Crippen molar-refractivity contribution in [1.29, 1.82) is 0 Å². The number of hydrogen-bond acceptors (Lipinski definition) is 8. The molecule has 8 nitrogen and oxygen atoms in total. The minimum absolute atomic E-state index is 0.0279. The molecule has 0 saturated carbocycles. The van der Waals surface area contributed by atoms with Crippen LogP contribution in [0.3, 0.4) is 0 Å². The summed E-state index contributed by atoms with van der Waals surface area (Å²) in [5.74, 6) is -1.49. The highest BCUT2D eigenvalue weighted by atomic mass is 32.1. The Labute approximate surface area is 200 Å². The zero-order valence-corrected chi connectivity index (χ0v) is 19.4. The molecule has 1 fully saturated rings. The van der Waals surface area contributed by atoms with Crippen molar-refractivity contribution in [2.75, 3.05) is 37.7 Å². The molecule has 0 spiro atoms. The number of carbonyl (C=O) groups is 3. The Kier molecular flexibility index (Phi) is 7.27. The van der Waals surface area contributed by atoms with E-state index in [0.29, 0.717) is 48.1 Å². The molecule has 0 unspecified atom stereocenters. The van der Waals surface area contributed by atoms with E-state index in [0.717, 1.165) is 5.69 Å². The monoisotopic (exact) mass is 482 g/mol. The van der Waals surface area contributed by atoms with E-state index in [-0.39, 0.29) is 24.7 Å². The Hall–Kier alpha value is -3.66. The predicted octanol–water partition coefficient (Wildman–Crippen LogP) is 2.98. The molecule has 1 aliphatic heterocycles. The van der Waals surface area contributed by atoms with Crippen LogP contribution in [-0.4, -0.2) is 65.3 Å². The fourth-order valence-corrected chi connectivity index (χ4v) is 4.40. The maximum absolute atomic E-state index is 14.4. The van der Waals surface area contributed by atoms with Gasteiger partial charge in [-0.25, -0.2) is 9.37 Å². The number of benzene rings is 1. The lowest BCUT2D eigenvalue weighted by molar-refractivity contribution is -0.151. The third kappa shape index (κ3) is 5.63. The van der Waals surface area contributed by atoms with Crippen molar-refractivity contribution >= 4 is 34.7 Å². The van der Waals surface area contributed by atoms with Crippen molar-refractivity contribution in [3.05, 3.63) is 65.0 Å². The van der Waals surface area contributed by atoms with Gasteiger partial charge in [-0.1, -0.05) is 6.07 Å². The second kappa shape index (κ2) is 10.5. The largest absolute Gasteiger partial charge is 0.455 e. The molecule has 176 valence electrons. The molecule has 4 rings (SSSR count). The third-order valence-corrected chi connectivity index (χ3v) is 6.36. The van der Waals surface area contributed by atoms with E-state index in [1.54, 1.807) is 28.6 Å². The van der Waals surface area contributed by atoms with E-state index in [2.05, 4.69) is 9.97 Å². The highest BCUT2D eigenvalue weighted by Gasteiger charge is 2.24. The third-order valence-electron chi connectivity index (χ3n) is 5.45. The molecule has 3 heterocycles. The number of pyridine rings is 1. The summed E-state index contributed by atoms with van der Waals surface area (Å²) in [5.41, 5.74) is 2.02. The highest BCUT2D eigenvalue weighted by molar-refractivity contribution is 7.13. The molecular formula is C24H23FN4O4S. The number of ketones is 1. The van der Waals surface area contributed by atoms with E-state index < -0.39 is 11.8 Å². The molecule has 1 saturated heterocycles. The number of carbonyl (C=O) groups excluding carboxylic acids is 3. The molecule has 1 aliphatic rings. The maximum atomic E-state index is 14.4. The Morgan fingerprint density at radius 2 is 1.91 bits per heavy atom. The van der Waals surface area contributed by atoms with Crippen LogP contribution in [0.2, 0.25) is 0 Å². The summed E-state index contributed by atoms with van der Waals surface area (Å²) in [6.07, 6.45) is 1.65. The molecule has 2 aromatic heterocycles. The van der Waals surface area contributed by atoms with Crippen LogP contribution >= 0.6 is 11.3 Å². The normalized spacial score (nSPS) is 13.6. The standard InChI is InChI=1S/C24H23FN4O4S/c1-16(30)17-5-6-21(19(25)12-17)28-8-10-29(11-9-28)22(31)14-33-23(32)13-18-15-34-24(27-18)20-4-2-3-7-26-20/h2-7,12,15H,8-11,13-14H2,1H3. The van der Waals surface area contributed by atoms with Gasteiger partial charge in [-0.3, -0.25) is 19.4 Å². The van der Waals surface area contributed by atoms with Gasteiger partial charge in [0, 0.05) is 43.3 Å². The number of hydrogen-bond donors (Lipinski definition) is 0. The number of aromatic nitrogens is 2. The molecule has 0 atom stereocenters. The Morgan fingerprint density at radius 3 is 2.59 bits per heavy atom. The van der Waals surface area contributed by atoms with Gasteiger partial charge in [-0.2, -0.15) is 0 Å². The lowest BCUT2D eigenvalue weighted by atomic mass is 10.1. The number of halogens is 1. The fraction of sp³-hybridized carbons (Fsp3) is 0.292. The molecule has 1 aromatic carbocycles. The van der Waals surface area contributed by atoms with Crippen LogP contribution in [-0.2, 0) is 20.7 Å². The van der Waals surface area contributed by atoms with Crippen molar-refractivity contribution in [2.45, 2.75) is 13.3 Å². The first kappa shape index (κ1) is 23.5. The molecule has 34 heavy (non-hydrogen) atoms. The SMILES string of the molecule is CC(=O)c1ccc(N2CCN(C(=O)COC(=O)Cc3csc(-c4ccccn4)n3)CC2)c(F)c1. The van der Waals surface area contributed by atoms with Crippen molar-refractivity contribution in [2.24, 2.45) is 0 Å². The summed E-state index contributed by atoms with van der Waals surface area (Å²) in [5, 5.41) is 2.48. The van der Waals surface area contributed by atoms with Gasteiger partial charge in [0.2, 0.25) is 0 Å². The van der Waals surface area contributed by atoms with E-state index in [4.69, 9.17) is 4.74 Å². The first-order chi connectivity index (χ1) is 16.4. The predicted molar refractivity (Wildman–Crippen MR) is 125 cm³/mol. The molecule has 0 N–H and O–H groups in total. The van der Waals surface area contributed by atoms with Crippen LogP contribution in [0.1, 0.15) is 23.0 Å². The number of amides is 1. The minimum atomic E-state index is -0.530. The maximum Gasteiger partial charge on any atom is 0.312 e. The quantitative estimate of drug-likeness (QED) is 0.378. The van der Waals surface area contributed by atoms with Crippen molar-refractivity contribution in [3.8, 4) is 10.7 Å². The lowest BCUT2D eigenvalue weighted by Crippen LogP contribution is -2.50. The zero-order chi connectivity index (χ0) is 24.1. The highest BCUT2D eigenvalue weighted by Crippen LogP contribution is 2.23. The smallest absolute Gasteiger partial charge is 0.312 e. The summed E-state index contributed by atoms with van der Waals surface area (Å²) >= 11 is 1.39. The lowest BCUT2D eigenvalue weighted by Gasteiger charge is -2.36. The number of thiazole rings is 1. The van der Waals surface area contributed by atoms with E-state index in [1.165, 1.54) is 24.3 Å². The molecular weight excluding hydrogens is 459 g/mol. The number of esters is 1. The molecule has 0 radical (unpaired) electrons. The first-order valence-corrected chi connectivity index (χ1v) is 11.6. The molecule has 0 aliphatic carbocycles. The van der Waals surface area contributed by atoms with Crippen LogP contribution in [0.25, 0.3) is 10.7 Å². The molecule has 3 aromatic rings. The second-order valence-corrected chi connectivity index (χ2v) is 8.64. The van der Waals surface area contributed by atoms with Crippen LogP contribution in [0.4, 0.5) is 10.1 Å². The van der Waals surface area contributed by atoms with Gasteiger partial charge >= 0.3 is 5.97 Å². The average molecular weight is 483 g/mol. The van der Waals surface area contributed by atoms with Gasteiger partial charge in [0.25, 0.3) is 5.91 Å². The van der Waals surface area contributed by atoms with Gasteiger partial charge in [-0.05, 0) is 37.3 Å². The number of rotatable bonds is 7. The van der Waals surface area contributed by atoms with E-state index in [1.807, 2.05) is 23.1 Å².